The fourth-order valence-electron chi connectivity index (χ4n) is 4.05. The Labute approximate surface area is 215 Å². The standard InChI is InChI=1S/C26H18ClN3O7/c1-2-37-17-8-9-19(27)18(12-17)24(32)22-23(15-5-10-21(31)20(11-15)30(35)36)29(26(34)25(22)33)16-6-3-14(13-28)4-7-16/h3-12,23,31-32H,2H2,1H3/b24-22+. The van der Waals surface area contributed by atoms with Crippen molar-refractivity contribution in [3.05, 3.63) is 98.1 Å². The number of nitrogens with zero attached hydrogens (tertiary/aromatic N) is 3. The lowest BCUT2D eigenvalue weighted by Gasteiger charge is -2.25. The maximum atomic E-state index is 13.3. The molecule has 2 N–H and O–H groups in total. The number of aliphatic hydroxyl groups excluding tert-OH is 1. The number of hydrogen-bond donors (Lipinski definition) is 2. The van der Waals surface area contributed by atoms with E-state index in [9.17, 15) is 29.9 Å². The number of benzene rings is 3. The summed E-state index contributed by atoms with van der Waals surface area (Å²) < 4.78 is 5.46. The van der Waals surface area contributed by atoms with Gasteiger partial charge in [0.1, 0.15) is 11.5 Å². The monoisotopic (exact) mass is 519 g/mol. The van der Waals surface area contributed by atoms with Gasteiger partial charge in [0.2, 0.25) is 0 Å². The Hall–Kier alpha value is -4.88. The molecule has 0 bridgehead atoms. The van der Waals surface area contributed by atoms with Crippen LogP contribution < -0.4 is 9.64 Å². The van der Waals surface area contributed by atoms with Gasteiger partial charge in [-0.3, -0.25) is 24.6 Å². The average Bonchev–Trinajstić information content (AvgIpc) is 3.15. The topological polar surface area (TPSA) is 154 Å². The summed E-state index contributed by atoms with van der Waals surface area (Å²) in [5.41, 5.74) is -0.425. The minimum atomic E-state index is -1.32. The molecule has 1 amide bonds. The van der Waals surface area contributed by atoms with Crippen LogP contribution in [0.4, 0.5) is 11.4 Å². The first-order valence-corrected chi connectivity index (χ1v) is 11.3. The van der Waals surface area contributed by atoms with Crippen molar-refractivity contribution in [3.63, 3.8) is 0 Å². The van der Waals surface area contributed by atoms with Crippen molar-refractivity contribution in [3.8, 4) is 17.6 Å². The summed E-state index contributed by atoms with van der Waals surface area (Å²) in [6.45, 7) is 2.08. The fourth-order valence-corrected chi connectivity index (χ4v) is 4.26. The van der Waals surface area contributed by atoms with E-state index in [4.69, 9.17) is 21.6 Å². The molecule has 1 aliphatic rings. The van der Waals surface area contributed by atoms with Gasteiger partial charge < -0.3 is 14.9 Å². The van der Waals surface area contributed by atoms with Crippen molar-refractivity contribution >= 4 is 40.4 Å². The van der Waals surface area contributed by atoms with Crippen LogP contribution in [0.2, 0.25) is 5.02 Å². The molecule has 1 fully saturated rings. The van der Waals surface area contributed by atoms with Gasteiger partial charge in [0.25, 0.3) is 11.7 Å². The third kappa shape index (κ3) is 4.55. The van der Waals surface area contributed by atoms with Crippen molar-refractivity contribution in [2.45, 2.75) is 13.0 Å². The Kier molecular flexibility index (Phi) is 6.82. The van der Waals surface area contributed by atoms with Crippen LogP contribution >= 0.6 is 11.6 Å². The quantitative estimate of drug-likeness (QED) is 0.154. The molecule has 1 aliphatic heterocycles. The Morgan fingerprint density at radius 3 is 2.49 bits per heavy atom. The van der Waals surface area contributed by atoms with E-state index in [-0.39, 0.29) is 27.4 Å². The molecule has 37 heavy (non-hydrogen) atoms. The number of amides is 1. The highest BCUT2D eigenvalue weighted by Gasteiger charge is 2.47. The van der Waals surface area contributed by atoms with E-state index in [0.717, 1.165) is 17.0 Å². The average molecular weight is 520 g/mol. The number of aliphatic hydroxyl groups is 1. The lowest BCUT2D eigenvalue weighted by Crippen LogP contribution is -2.29. The van der Waals surface area contributed by atoms with E-state index >= 15 is 0 Å². The first-order chi connectivity index (χ1) is 17.7. The second-order valence-electron chi connectivity index (χ2n) is 7.91. The van der Waals surface area contributed by atoms with Crippen molar-refractivity contribution in [2.75, 3.05) is 11.5 Å². The molecule has 10 nitrogen and oxygen atoms in total. The van der Waals surface area contributed by atoms with E-state index in [1.807, 2.05) is 6.07 Å². The van der Waals surface area contributed by atoms with Crippen LogP contribution in [0.5, 0.6) is 11.5 Å². The number of phenols is 1. The maximum Gasteiger partial charge on any atom is 0.311 e. The van der Waals surface area contributed by atoms with Gasteiger partial charge in [0.05, 0.1) is 39.8 Å². The molecular weight excluding hydrogens is 502 g/mol. The maximum absolute atomic E-state index is 13.3. The number of hydrogen-bond acceptors (Lipinski definition) is 8. The predicted octanol–water partition coefficient (Wildman–Crippen LogP) is 4.85. The molecule has 1 heterocycles. The minimum Gasteiger partial charge on any atom is -0.507 e. The fraction of sp³-hybridized carbons (Fsp3) is 0.115. The van der Waals surface area contributed by atoms with E-state index in [2.05, 4.69) is 0 Å². The number of rotatable bonds is 6. The molecule has 1 saturated heterocycles. The van der Waals surface area contributed by atoms with Crippen LogP contribution in [0.15, 0.2) is 66.2 Å². The van der Waals surface area contributed by atoms with Gasteiger partial charge in [-0.1, -0.05) is 17.7 Å². The lowest BCUT2D eigenvalue weighted by atomic mass is 9.94. The number of nitro benzene ring substituents is 1. The number of phenolic OH excluding ortho intramolecular Hbond substituents is 1. The van der Waals surface area contributed by atoms with Crippen molar-refractivity contribution in [1.29, 1.82) is 5.26 Å². The molecule has 0 aromatic heterocycles. The zero-order valence-electron chi connectivity index (χ0n) is 19.2. The summed E-state index contributed by atoms with van der Waals surface area (Å²) in [7, 11) is 0. The number of halogens is 1. The molecule has 186 valence electrons. The van der Waals surface area contributed by atoms with Crippen molar-refractivity contribution < 1.29 is 29.5 Å². The second-order valence-corrected chi connectivity index (χ2v) is 8.31. The normalized spacial score (nSPS) is 16.5. The summed E-state index contributed by atoms with van der Waals surface area (Å²) in [6, 6.07) is 14.2. The number of nitro groups is 1. The van der Waals surface area contributed by atoms with Gasteiger partial charge in [0.15, 0.2) is 5.75 Å². The van der Waals surface area contributed by atoms with Crippen LogP contribution in [0, 0.1) is 21.4 Å². The van der Waals surface area contributed by atoms with Gasteiger partial charge in [0, 0.05) is 17.3 Å². The third-order valence-corrected chi connectivity index (χ3v) is 6.06. The van der Waals surface area contributed by atoms with Crippen LogP contribution in [0.3, 0.4) is 0 Å². The van der Waals surface area contributed by atoms with E-state index in [1.54, 1.807) is 13.0 Å². The molecule has 11 heteroatoms. The van der Waals surface area contributed by atoms with E-state index in [1.165, 1.54) is 42.5 Å². The number of anilines is 1. The number of Topliss-reactive ketones (excluding diaryl/α,β-unsaturated/α-hetero) is 1. The number of aromatic hydroxyl groups is 1. The molecule has 0 spiro atoms. The van der Waals surface area contributed by atoms with E-state index in [0.29, 0.717) is 17.9 Å². The Bertz CT molecular complexity index is 1510. The molecule has 0 radical (unpaired) electrons. The smallest absolute Gasteiger partial charge is 0.311 e. The molecule has 3 aromatic carbocycles. The highest BCUT2D eigenvalue weighted by molar-refractivity contribution is 6.52. The number of carbonyl (C=O) groups excluding carboxylic acids is 2. The molecular formula is C26H18ClN3O7. The third-order valence-electron chi connectivity index (χ3n) is 5.73. The molecule has 4 rings (SSSR count). The summed E-state index contributed by atoms with van der Waals surface area (Å²) in [5, 5.41) is 41.9. The largest absolute Gasteiger partial charge is 0.507 e. The first kappa shape index (κ1) is 25.2. The molecule has 0 aliphatic carbocycles. The number of nitriles is 1. The number of carbonyl (C=O) groups is 2. The molecule has 3 aromatic rings. The van der Waals surface area contributed by atoms with Gasteiger partial charge in [-0.15, -0.1) is 0 Å². The summed E-state index contributed by atoms with van der Waals surface area (Å²) in [4.78, 5) is 38.3. The first-order valence-electron chi connectivity index (χ1n) is 10.9. The SMILES string of the molecule is CCOc1ccc(Cl)c(/C(O)=C2\C(=O)C(=O)N(c3ccc(C#N)cc3)C2c2ccc(O)c([N+](=O)[O-])c2)c1. The highest BCUT2D eigenvalue weighted by atomic mass is 35.5. The van der Waals surface area contributed by atoms with Gasteiger partial charge in [-0.25, -0.2) is 0 Å². The van der Waals surface area contributed by atoms with Crippen LogP contribution in [0.1, 0.15) is 29.7 Å². The molecule has 1 unspecified atom stereocenters. The Morgan fingerprint density at radius 2 is 1.86 bits per heavy atom. The van der Waals surface area contributed by atoms with Crippen molar-refractivity contribution in [2.24, 2.45) is 0 Å². The lowest BCUT2D eigenvalue weighted by molar-refractivity contribution is -0.385. The number of ketones is 1. The van der Waals surface area contributed by atoms with Crippen LogP contribution in [-0.4, -0.2) is 33.4 Å². The van der Waals surface area contributed by atoms with Crippen molar-refractivity contribution in [1.82, 2.24) is 0 Å². The highest BCUT2D eigenvalue weighted by Crippen LogP contribution is 2.45. The van der Waals surface area contributed by atoms with Crippen LogP contribution in [-0.2, 0) is 9.59 Å². The Morgan fingerprint density at radius 1 is 1.16 bits per heavy atom. The second kappa shape index (κ2) is 10.0. The summed E-state index contributed by atoms with van der Waals surface area (Å²) >= 11 is 6.31. The van der Waals surface area contributed by atoms with Crippen LogP contribution in [0.25, 0.3) is 5.76 Å². The molecule has 1 atom stereocenters. The van der Waals surface area contributed by atoms with Gasteiger partial charge in [-0.2, -0.15) is 5.26 Å². The van der Waals surface area contributed by atoms with Gasteiger partial charge in [-0.05, 0) is 61.0 Å². The summed E-state index contributed by atoms with van der Waals surface area (Å²) in [6.07, 6.45) is 0. The number of ether oxygens (including phenoxy) is 1. The van der Waals surface area contributed by atoms with E-state index < -0.39 is 39.9 Å². The minimum absolute atomic E-state index is 0.0173. The Balaban J connectivity index is 1.99. The zero-order valence-corrected chi connectivity index (χ0v) is 20.0. The van der Waals surface area contributed by atoms with Gasteiger partial charge >= 0.3 is 5.69 Å². The zero-order chi connectivity index (χ0) is 26.9. The predicted molar refractivity (Wildman–Crippen MR) is 133 cm³/mol. The summed E-state index contributed by atoms with van der Waals surface area (Å²) in [5.74, 6) is -2.94. The molecule has 0 saturated carbocycles.